The fourth-order valence-corrected chi connectivity index (χ4v) is 1.31. The van der Waals surface area contributed by atoms with Gasteiger partial charge in [-0.15, -0.1) is 0 Å². The number of esters is 1. The summed E-state index contributed by atoms with van der Waals surface area (Å²) in [5.41, 5.74) is 0.265. The van der Waals surface area contributed by atoms with Gasteiger partial charge < -0.3 is 4.74 Å². The molecule has 0 atom stereocenters. The summed E-state index contributed by atoms with van der Waals surface area (Å²) in [6.07, 6.45) is 1.26. The molecule has 5 heteroatoms. The lowest BCUT2D eigenvalue weighted by Gasteiger charge is -2.19. The van der Waals surface area contributed by atoms with Crippen molar-refractivity contribution >= 4 is 5.97 Å². The van der Waals surface area contributed by atoms with Crippen LogP contribution in [0.1, 0.15) is 37.6 Å². The first-order valence-corrected chi connectivity index (χ1v) is 5.36. The van der Waals surface area contributed by atoms with Gasteiger partial charge in [-0.05, 0) is 26.8 Å². The molecule has 18 heavy (non-hydrogen) atoms. The molecule has 0 aliphatic rings. The molecule has 0 aromatic carbocycles. The van der Waals surface area contributed by atoms with Crippen molar-refractivity contribution in [2.75, 3.05) is 0 Å². The van der Waals surface area contributed by atoms with Gasteiger partial charge in [0.1, 0.15) is 17.7 Å². The zero-order chi connectivity index (χ0) is 13.8. The van der Waals surface area contributed by atoms with Crippen molar-refractivity contribution in [2.45, 2.75) is 32.8 Å². The van der Waals surface area contributed by atoms with Crippen LogP contribution in [0.25, 0.3) is 0 Å². The summed E-state index contributed by atoms with van der Waals surface area (Å²) in [7, 11) is 0. The number of hydrogen-bond acceptors (Lipinski definition) is 5. The van der Waals surface area contributed by atoms with Crippen LogP contribution in [0.5, 0.6) is 0 Å². The van der Waals surface area contributed by atoms with Crippen molar-refractivity contribution in [1.29, 1.82) is 10.5 Å². The van der Waals surface area contributed by atoms with E-state index in [0.717, 1.165) is 0 Å². The average molecular weight is 243 g/mol. The number of nitriles is 2. The van der Waals surface area contributed by atoms with Crippen LogP contribution >= 0.6 is 0 Å². The fourth-order valence-electron chi connectivity index (χ4n) is 1.31. The molecular weight excluding hydrogens is 230 g/mol. The van der Waals surface area contributed by atoms with Crippen LogP contribution in [-0.2, 0) is 16.0 Å². The number of rotatable bonds is 2. The Morgan fingerprint density at radius 2 is 2.06 bits per heavy atom. The second-order valence-corrected chi connectivity index (χ2v) is 4.71. The van der Waals surface area contributed by atoms with E-state index in [4.69, 9.17) is 15.3 Å². The zero-order valence-corrected chi connectivity index (χ0v) is 10.5. The molecule has 1 aromatic heterocycles. The Morgan fingerprint density at radius 1 is 1.39 bits per heavy atom. The number of carbonyl (C=O) groups is 1. The standard InChI is InChI=1S/C13H13N3O2/c1-13(2,3)18-12(17)5-11-10(7-15)4-9(6-14)8-16-11/h4,8H,5H2,1-3H3. The minimum absolute atomic E-state index is 0.0775. The summed E-state index contributed by atoms with van der Waals surface area (Å²) < 4.78 is 5.14. The highest BCUT2D eigenvalue weighted by Crippen LogP contribution is 2.12. The van der Waals surface area contributed by atoms with Crippen molar-refractivity contribution in [3.63, 3.8) is 0 Å². The van der Waals surface area contributed by atoms with Crippen molar-refractivity contribution in [1.82, 2.24) is 4.98 Å². The summed E-state index contributed by atoms with van der Waals surface area (Å²) in [6, 6.07) is 5.22. The Labute approximate surface area is 106 Å². The first kappa shape index (κ1) is 13.7. The lowest BCUT2D eigenvalue weighted by Crippen LogP contribution is -2.25. The molecule has 92 valence electrons. The molecule has 0 saturated carbocycles. The average Bonchev–Trinajstić information content (AvgIpc) is 2.27. The predicted octanol–water partition coefficient (Wildman–Crippen LogP) is 1.71. The van der Waals surface area contributed by atoms with E-state index in [-0.39, 0.29) is 12.0 Å². The van der Waals surface area contributed by atoms with Gasteiger partial charge in [-0.1, -0.05) is 0 Å². The molecule has 0 spiro atoms. The molecule has 0 fully saturated rings. The van der Waals surface area contributed by atoms with Gasteiger partial charge in [0.15, 0.2) is 0 Å². The molecule has 1 heterocycles. The van der Waals surface area contributed by atoms with Crippen molar-refractivity contribution in [3.8, 4) is 12.1 Å². The first-order chi connectivity index (χ1) is 8.35. The number of nitrogens with zero attached hydrogens (tertiary/aromatic N) is 3. The molecule has 0 saturated heterocycles. The highest BCUT2D eigenvalue weighted by atomic mass is 16.6. The minimum atomic E-state index is -0.573. The fraction of sp³-hybridized carbons (Fsp3) is 0.385. The van der Waals surface area contributed by atoms with E-state index in [1.54, 1.807) is 20.8 Å². The molecular formula is C13H13N3O2. The van der Waals surface area contributed by atoms with Gasteiger partial charge in [0.2, 0.25) is 0 Å². The first-order valence-electron chi connectivity index (χ1n) is 5.36. The lowest BCUT2D eigenvalue weighted by molar-refractivity contribution is -0.154. The van der Waals surface area contributed by atoms with Gasteiger partial charge in [-0.3, -0.25) is 9.78 Å². The Morgan fingerprint density at radius 3 is 2.56 bits per heavy atom. The number of hydrogen-bond donors (Lipinski definition) is 0. The second-order valence-electron chi connectivity index (χ2n) is 4.71. The number of carbonyl (C=O) groups excluding carboxylic acids is 1. The molecule has 0 N–H and O–H groups in total. The Hall–Kier alpha value is -2.40. The minimum Gasteiger partial charge on any atom is -0.460 e. The predicted molar refractivity (Wildman–Crippen MR) is 63.2 cm³/mol. The highest BCUT2D eigenvalue weighted by molar-refractivity contribution is 5.73. The van der Waals surface area contributed by atoms with Crippen LogP contribution in [0, 0.1) is 22.7 Å². The molecule has 0 unspecified atom stereocenters. The van der Waals surface area contributed by atoms with Gasteiger partial charge in [0.05, 0.1) is 23.2 Å². The summed E-state index contributed by atoms with van der Waals surface area (Å²) in [5, 5.41) is 17.6. The van der Waals surface area contributed by atoms with E-state index in [1.807, 2.05) is 12.1 Å². The van der Waals surface area contributed by atoms with Gasteiger partial charge in [-0.2, -0.15) is 10.5 Å². The third-order valence-corrected chi connectivity index (χ3v) is 1.95. The maximum absolute atomic E-state index is 11.6. The number of aromatic nitrogens is 1. The topological polar surface area (TPSA) is 86.8 Å². The number of pyridine rings is 1. The maximum Gasteiger partial charge on any atom is 0.312 e. The van der Waals surface area contributed by atoms with E-state index in [1.165, 1.54) is 12.3 Å². The molecule has 0 amide bonds. The Bertz CT molecular complexity index is 545. The molecule has 0 radical (unpaired) electrons. The summed E-state index contributed by atoms with van der Waals surface area (Å²) in [6.45, 7) is 5.30. The van der Waals surface area contributed by atoms with E-state index < -0.39 is 11.6 Å². The van der Waals surface area contributed by atoms with Gasteiger partial charge >= 0.3 is 5.97 Å². The van der Waals surface area contributed by atoms with Crippen LogP contribution < -0.4 is 0 Å². The third kappa shape index (κ3) is 3.88. The molecule has 1 rings (SSSR count). The highest BCUT2D eigenvalue weighted by Gasteiger charge is 2.18. The molecule has 5 nitrogen and oxygen atoms in total. The normalized spacial score (nSPS) is 10.3. The largest absolute Gasteiger partial charge is 0.460 e. The molecule has 0 aliphatic carbocycles. The van der Waals surface area contributed by atoms with E-state index in [9.17, 15) is 4.79 Å². The Balaban J connectivity index is 2.90. The quantitative estimate of drug-likeness (QED) is 0.738. The second kappa shape index (κ2) is 5.29. The summed E-state index contributed by atoms with van der Waals surface area (Å²) in [5.74, 6) is -0.448. The van der Waals surface area contributed by atoms with E-state index >= 15 is 0 Å². The molecule has 1 aromatic rings. The SMILES string of the molecule is CC(C)(C)OC(=O)Cc1ncc(C#N)cc1C#N. The van der Waals surface area contributed by atoms with Gasteiger partial charge in [0, 0.05) is 6.20 Å². The Kier molecular flexibility index (Phi) is 4.01. The monoisotopic (exact) mass is 243 g/mol. The van der Waals surface area contributed by atoms with Crippen LogP contribution in [-0.4, -0.2) is 16.6 Å². The summed E-state index contributed by atoms with van der Waals surface area (Å²) in [4.78, 5) is 15.6. The lowest BCUT2D eigenvalue weighted by atomic mass is 10.1. The molecule has 0 aliphatic heterocycles. The van der Waals surface area contributed by atoms with E-state index in [2.05, 4.69) is 4.98 Å². The van der Waals surface area contributed by atoms with E-state index in [0.29, 0.717) is 11.3 Å². The van der Waals surface area contributed by atoms with Crippen LogP contribution in [0.4, 0.5) is 0 Å². The third-order valence-electron chi connectivity index (χ3n) is 1.95. The van der Waals surface area contributed by atoms with Crippen molar-refractivity contribution in [2.24, 2.45) is 0 Å². The van der Waals surface area contributed by atoms with Crippen LogP contribution in [0.15, 0.2) is 12.3 Å². The van der Waals surface area contributed by atoms with Crippen LogP contribution in [0.2, 0.25) is 0 Å². The molecule has 0 bridgehead atoms. The van der Waals surface area contributed by atoms with Crippen molar-refractivity contribution in [3.05, 3.63) is 29.1 Å². The maximum atomic E-state index is 11.6. The van der Waals surface area contributed by atoms with Gasteiger partial charge in [-0.25, -0.2) is 0 Å². The summed E-state index contributed by atoms with van der Waals surface area (Å²) >= 11 is 0. The van der Waals surface area contributed by atoms with Crippen molar-refractivity contribution < 1.29 is 9.53 Å². The zero-order valence-electron chi connectivity index (χ0n) is 10.5. The number of ether oxygens (including phenoxy) is 1. The van der Waals surface area contributed by atoms with Crippen LogP contribution in [0.3, 0.4) is 0 Å². The smallest absolute Gasteiger partial charge is 0.312 e. The van der Waals surface area contributed by atoms with Gasteiger partial charge in [0.25, 0.3) is 0 Å².